The zero-order valence-corrected chi connectivity index (χ0v) is 29.6. The highest BCUT2D eigenvalue weighted by molar-refractivity contribution is 7.98. The van der Waals surface area contributed by atoms with Crippen molar-refractivity contribution < 1.29 is 9.59 Å². The van der Waals surface area contributed by atoms with Gasteiger partial charge in [0.2, 0.25) is 32.4 Å². The van der Waals surface area contributed by atoms with Gasteiger partial charge in [0.05, 0.1) is 0 Å². The van der Waals surface area contributed by atoms with E-state index in [-0.39, 0.29) is 11.8 Å². The van der Waals surface area contributed by atoms with Gasteiger partial charge in [0.15, 0.2) is 0 Å². The number of carbonyl (C=O) groups excluding carboxylic acids is 2. The number of aromatic nitrogens is 4. The molecule has 2 aliphatic rings. The SMILES string of the molecule is CSc1nsc(N2CCN(C(=O)CCc3ccccc3)CC2)n1.CSc1nsc(N2CCN(C(=O)CCc3ccccc3)CC2)n1. The van der Waals surface area contributed by atoms with E-state index < -0.39 is 0 Å². The second-order valence-corrected chi connectivity index (χ2v) is 13.8. The molecule has 2 fully saturated rings. The molecule has 10 nitrogen and oxygen atoms in total. The number of amides is 2. The first kappa shape index (κ1) is 34.1. The third-order valence-electron chi connectivity index (χ3n) is 7.91. The van der Waals surface area contributed by atoms with Crippen LogP contribution in [-0.2, 0) is 22.4 Å². The lowest BCUT2D eigenvalue weighted by atomic mass is 10.1. The molecule has 0 atom stereocenters. The van der Waals surface area contributed by atoms with Crippen LogP contribution in [-0.4, -0.2) is 105 Å². The van der Waals surface area contributed by atoms with Crippen molar-refractivity contribution in [2.75, 3.05) is 74.7 Å². The molecule has 0 radical (unpaired) electrons. The Balaban J connectivity index is 0.000000181. The molecule has 6 rings (SSSR count). The standard InChI is InChI=1S/2C16H20N4OS2/c2*1-22-15-17-16(23-18-15)20-11-9-19(10-12-20)14(21)8-7-13-5-3-2-4-6-13/h2*2-6H,7-12H2,1H3. The molecule has 4 heterocycles. The second-order valence-electron chi connectivity index (χ2n) is 10.8. The van der Waals surface area contributed by atoms with Crippen molar-refractivity contribution in [1.29, 1.82) is 0 Å². The number of hydrogen-bond donors (Lipinski definition) is 0. The smallest absolute Gasteiger partial charge is 0.223 e. The fraction of sp³-hybridized carbons (Fsp3) is 0.438. The Hall–Kier alpha value is -3.20. The van der Waals surface area contributed by atoms with Crippen LogP contribution in [0.15, 0.2) is 71.0 Å². The van der Waals surface area contributed by atoms with Crippen molar-refractivity contribution in [3.05, 3.63) is 71.8 Å². The van der Waals surface area contributed by atoms with Gasteiger partial charge in [-0.15, -0.1) is 0 Å². The Labute approximate surface area is 287 Å². The van der Waals surface area contributed by atoms with E-state index in [1.54, 1.807) is 23.5 Å². The molecule has 46 heavy (non-hydrogen) atoms. The lowest BCUT2D eigenvalue weighted by molar-refractivity contribution is -0.132. The van der Waals surface area contributed by atoms with Crippen LogP contribution in [0.3, 0.4) is 0 Å². The lowest BCUT2D eigenvalue weighted by Crippen LogP contribution is -2.48. The maximum Gasteiger partial charge on any atom is 0.223 e. The van der Waals surface area contributed by atoms with Crippen molar-refractivity contribution >= 4 is 68.7 Å². The lowest BCUT2D eigenvalue weighted by Gasteiger charge is -2.34. The summed E-state index contributed by atoms with van der Waals surface area (Å²) in [7, 11) is 0. The molecular formula is C32H40N8O2S4. The van der Waals surface area contributed by atoms with E-state index >= 15 is 0 Å². The summed E-state index contributed by atoms with van der Waals surface area (Å²) < 4.78 is 8.60. The number of anilines is 2. The van der Waals surface area contributed by atoms with Gasteiger partial charge in [-0.3, -0.25) is 9.59 Å². The number of benzene rings is 2. The number of carbonyl (C=O) groups is 2. The third kappa shape index (κ3) is 9.90. The van der Waals surface area contributed by atoms with Crippen LogP contribution >= 0.6 is 46.6 Å². The summed E-state index contributed by atoms with van der Waals surface area (Å²) in [5.74, 6) is 0.492. The number of nitrogens with zero attached hydrogens (tertiary/aromatic N) is 8. The van der Waals surface area contributed by atoms with Crippen LogP contribution in [0.1, 0.15) is 24.0 Å². The molecule has 0 aliphatic carbocycles. The highest BCUT2D eigenvalue weighted by Crippen LogP contribution is 2.24. The third-order valence-corrected chi connectivity index (χ3v) is 10.8. The average Bonchev–Trinajstić information content (AvgIpc) is 3.82. The molecule has 4 aromatic rings. The van der Waals surface area contributed by atoms with E-state index in [0.29, 0.717) is 12.8 Å². The monoisotopic (exact) mass is 696 g/mol. The fourth-order valence-corrected chi connectivity index (χ4v) is 7.77. The van der Waals surface area contributed by atoms with Crippen molar-refractivity contribution in [3.63, 3.8) is 0 Å². The molecule has 2 aromatic heterocycles. The summed E-state index contributed by atoms with van der Waals surface area (Å²) in [6.07, 6.45) is 6.75. The Bertz CT molecular complexity index is 1390. The van der Waals surface area contributed by atoms with Crippen LogP contribution in [0.4, 0.5) is 10.3 Å². The summed E-state index contributed by atoms with van der Waals surface area (Å²) in [6.45, 7) is 6.40. The molecule has 14 heteroatoms. The van der Waals surface area contributed by atoms with Gasteiger partial charge in [-0.1, -0.05) is 84.2 Å². The summed E-state index contributed by atoms with van der Waals surface area (Å²) in [5, 5.41) is 3.58. The van der Waals surface area contributed by atoms with E-state index in [2.05, 4.69) is 52.8 Å². The summed E-state index contributed by atoms with van der Waals surface area (Å²) in [4.78, 5) is 42.0. The first-order valence-electron chi connectivity index (χ1n) is 15.4. The van der Waals surface area contributed by atoms with Crippen molar-refractivity contribution in [1.82, 2.24) is 28.5 Å². The number of aryl methyl sites for hydroxylation is 2. The topological polar surface area (TPSA) is 98.7 Å². The molecule has 2 aromatic carbocycles. The molecule has 0 saturated carbocycles. The highest BCUT2D eigenvalue weighted by atomic mass is 32.2. The maximum absolute atomic E-state index is 12.3. The van der Waals surface area contributed by atoms with Crippen LogP contribution in [0.5, 0.6) is 0 Å². The minimum Gasteiger partial charge on any atom is -0.343 e. The first-order valence-corrected chi connectivity index (χ1v) is 19.4. The molecular weight excluding hydrogens is 657 g/mol. The second kappa shape index (κ2) is 17.6. The van der Waals surface area contributed by atoms with E-state index in [0.717, 1.165) is 85.8 Å². The quantitative estimate of drug-likeness (QED) is 0.209. The molecule has 0 spiro atoms. The average molecular weight is 697 g/mol. The van der Waals surface area contributed by atoms with Crippen molar-refractivity contribution in [2.24, 2.45) is 0 Å². The maximum atomic E-state index is 12.3. The fourth-order valence-electron chi connectivity index (χ4n) is 5.23. The van der Waals surface area contributed by atoms with E-state index in [4.69, 9.17) is 0 Å². The molecule has 0 N–H and O–H groups in total. The Morgan fingerprint density at radius 2 is 0.978 bits per heavy atom. The Morgan fingerprint density at radius 3 is 1.30 bits per heavy atom. The molecule has 2 amide bonds. The number of thioether (sulfide) groups is 2. The van der Waals surface area contributed by atoms with Crippen LogP contribution in [0.2, 0.25) is 0 Å². The zero-order chi connectivity index (χ0) is 32.1. The van der Waals surface area contributed by atoms with Gasteiger partial charge in [0.1, 0.15) is 0 Å². The van der Waals surface area contributed by atoms with Gasteiger partial charge < -0.3 is 19.6 Å². The van der Waals surface area contributed by atoms with Gasteiger partial charge in [-0.2, -0.15) is 18.7 Å². The number of rotatable bonds is 10. The Kier molecular flexibility index (Phi) is 13.1. The van der Waals surface area contributed by atoms with Crippen molar-refractivity contribution in [2.45, 2.75) is 36.0 Å². The van der Waals surface area contributed by atoms with Crippen LogP contribution in [0.25, 0.3) is 0 Å². The largest absolute Gasteiger partial charge is 0.343 e. The van der Waals surface area contributed by atoms with Crippen LogP contribution < -0.4 is 9.80 Å². The summed E-state index contributed by atoms with van der Waals surface area (Å²) >= 11 is 6.00. The Morgan fingerprint density at radius 1 is 0.609 bits per heavy atom. The van der Waals surface area contributed by atoms with Gasteiger partial charge >= 0.3 is 0 Å². The summed E-state index contributed by atoms with van der Waals surface area (Å²) in [6, 6.07) is 20.4. The van der Waals surface area contributed by atoms with E-state index in [1.165, 1.54) is 34.2 Å². The van der Waals surface area contributed by atoms with Gasteiger partial charge in [0.25, 0.3) is 0 Å². The predicted octanol–water partition coefficient (Wildman–Crippen LogP) is 5.08. The normalized spacial score (nSPS) is 15.0. The van der Waals surface area contributed by atoms with Gasteiger partial charge in [-0.25, -0.2) is 0 Å². The van der Waals surface area contributed by atoms with E-state index in [9.17, 15) is 9.59 Å². The molecule has 2 saturated heterocycles. The van der Waals surface area contributed by atoms with E-state index in [1.807, 2.05) is 58.7 Å². The minimum atomic E-state index is 0.246. The predicted molar refractivity (Wildman–Crippen MR) is 190 cm³/mol. The van der Waals surface area contributed by atoms with Gasteiger partial charge in [-0.05, 0) is 36.5 Å². The molecule has 0 bridgehead atoms. The molecule has 2 aliphatic heterocycles. The van der Waals surface area contributed by atoms with Gasteiger partial charge in [0, 0.05) is 88.3 Å². The highest BCUT2D eigenvalue weighted by Gasteiger charge is 2.24. The number of hydrogen-bond acceptors (Lipinski definition) is 12. The zero-order valence-electron chi connectivity index (χ0n) is 26.3. The van der Waals surface area contributed by atoms with Crippen molar-refractivity contribution in [3.8, 4) is 0 Å². The molecule has 244 valence electrons. The molecule has 0 unspecified atom stereocenters. The summed E-state index contributed by atoms with van der Waals surface area (Å²) in [5.41, 5.74) is 2.44. The minimum absolute atomic E-state index is 0.246. The first-order chi connectivity index (χ1) is 22.5. The van der Waals surface area contributed by atoms with Crippen LogP contribution in [0, 0.1) is 0 Å². The number of piperazine rings is 2.